The lowest BCUT2D eigenvalue weighted by molar-refractivity contribution is 0.0473. The highest BCUT2D eigenvalue weighted by molar-refractivity contribution is 14.1. The van der Waals surface area contributed by atoms with Crippen LogP contribution in [0.2, 0.25) is 0 Å². The van der Waals surface area contributed by atoms with Gasteiger partial charge in [0, 0.05) is 0 Å². The zero-order valence-electron chi connectivity index (χ0n) is 14.3. The number of carbonyl (C=O) groups is 1. The summed E-state index contributed by atoms with van der Waals surface area (Å²) in [6.45, 7) is 0.256. The highest BCUT2D eigenvalue weighted by Crippen LogP contribution is 2.24. The molecule has 4 aromatic rings. The summed E-state index contributed by atoms with van der Waals surface area (Å²) in [5, 5.41) is 0. The number of imidazole rings is 1. The third-order valence-corrected chi connectivity index (χ3v) is 4.75. The number of hydrogen-bond donors (Lipinski definition) is 1. The second-order valence-corrected chi connectivity index (χ2v) is 6.54. The van der Waals surface area contributed by atoms with Gasteiger partial charge in [0.05, 0.1) is 40.3 Å². The monoisotopic (exact) mass is 469 g/mol. The molecule has 0 saturated carbocycles. The molecule has 1 N–H and O–H groups in total. The lowest BCUT2D eigenvalue weighted by atomic mass is 10.1. The molecule has 0 aliphatic carbocycles. The molecule has 6 heteroatoms. The predicted octanol–water partition coefficient (Wildman–Crippen LogP) is 5.12. The Morgan fingerprint density at radius 3 is 2.67 bits per heavy atom. The van der Waals surface area contributed by atoms with E-state index in [1.807, 2.05) is 77.3 Å². The predicted molar refractivity (Wildman–Crippen MR) is 114 cm³/mol. The number of ether oxygens (including phenoxy) is 1. The van der Waals surface area contributed by atoms with Crippen molar-refractivity contribution in [1.29, 1.82) is 0 Å². The molecule has 2 aromatic carbocycles. The van der Waals surface area contributed by atoms with Crippen LogP contribution in [0.25, 0.3) is 16.9 Å². The lowest BCUT2D eigenvalue weighted by Gasteiger charge is -2.08. The summed E-state index contributed by atoms with van der Waals surface area (Å²) in [6, 6.07) is 23.0. The number of aromatic nitrogens is 2. The van der Waals surface area contributed by atoms with Gasteiger partial charge in [-0.05, 0) is 35.4 Å². The summed E-state index contributed by atoms with van der Waals surface area (Å²) in [6.07, 6.45) is 1.93. The highest BCUT2D eigenvalue weighted by atomic mass is 127. The number of benzene rings is 2. The minimum Gasteiger partial charge on any atom is -0.457 e. The Morgan fingerprint density at radius 1 is 1.04 bits per heavy atom. The van der Waals surface area contributed by atoms with Crippen molar-refractivity contribution in [3.8, 4) is 11.3 Å². The molecule has 0 bridgehead atoms. The van der Waals surface area contributed by atoms with E-state index in [0.29, 0.717) is 5.56 Å². The second-order valence-electron chi connectivity index (χ2n) is 6.00. The average Bonchev–Trinajstić information content (AvgIpc) is 3.16. The molecule has 0 unspecified atom stereocenters. The number of anilines is 1. The zero-order valence-corrected chi connectivity index (χ0v) is 16.5. The molecule has 0 radical (unpaired) electrons. The molecule has 27 heavy (non-hydrogen) atoms. The fourth-order valence-electron chi connectivity index (χ4n) is 2.90. The minimum absolute atomic E-state index is 0.256. The summed E-state index contributed by atoms with van der Waals surface area (Å²) in [5.74, 6) is 0.439. The van der Waals surface area contributed by atoms with E-state index in [1.54, 1.807) is 6.07 Å². The van der Waals surface area contributed by atoms with Crippen LogP contribution in [0.1, 0.15) is 15.9 Å². The summed E-state index contributed by atoms with van der Waals surface area (Å²) in [4.78, 5) is 17.0. The van der Waals surface area contributed by atoms with Gasteiger partial charge < -0.3 is 8.27 Å². The number of hydrogen-bond acceptors (Lipinski definition) is 4. The van der Waals surface area contributed by atoms with Gasteiger partial charge in [-0.3, -0.25) is 4.40 Å². The number of nitrogens with zero attached hydrogens (tertiary/aromatic N) is 2. The maximum atomic E-state index is 12.5. The first-order chi connectivity index (χ1) is 13.2. The first kappa shape index (κ1) is 17.5. The van der Waals surface area contributed by atoms with E-state index < -0.39 is 0 Å². The number of fused-ring (bicyclic) bond motifs is 1. The molecule has 0 spiro atoms. The van der Waals surface area contributed by atoms with Gasteiger partial charge in [-0.2, -0.15) is 0 Å². The summed E-state index contributed by atoms with van der Waals surface area (Å²) >= 11 is 2.06. The molecule has 0 aliphatic heterocycles. The Balaban J connectivity index is 1.61. The van der Waals surface area contributed by atoms with Gasteiger partial charge in [-0.1, -0.05) is 48.5 Å². The van der Waals surface area contributed by atoms with Crippen LogP contribution in [0.15, 0.2) is 79.0 Å². The standard InChI is InChI=1S/C21H16IN3O2/c22-24-19-13-25-18(10-5-11-20(25)23-19)16-8-4-9-17(12-16)21(26)27-14-15-6-2-1-3-7-15/h1-13,24H,14H2. The molecule has 2 heterocycles. The van der Waals surface area contributed by atoms with Crippen LogP contribution < -0.4 is 3.53 Å². The summed E-state index contributed by atoms with van der Waals surface area (Å²) < 4.78 is 10.5. The molecule has 0 aliphatic rings. The summed E-state index contributed by atoms with van der Waals surface area (Å²) in [5.41, 5.74) is 4.20. The van der Waals surface area contributed by atoms with E-state index in [9.17, 15) is 4.79 Å². The first-order valence-electron chi connectivity index (χ1n) is 8.41. The van der Waals surface area contributed by atoms with Gasteiger partial charge in [0.1, 0.15) is 12.3 Å². The Morgan fingerprint density at radius 2 is 1.85 bits per heavy atom. The Labute approximate surface area is 170 Å². The topological polar surface area (TPSA) is 55.6 Å². The quantitative estimate of drug-likeness (QED) is 0.251. The van der Waals surface area contributed by atoms with E-state index in [0.717, 1.165) is 28.3 Å². The van der Waals surface area contributed by atoms with E-state index in [-0.39, 0.29) is 12.6 Å². The van der Waals surface area contributed by atoms with E-state index in [2.05, 4.69) is 31.4 Å². The van der Waals surface area contributed by atoms with Gasteiger partial charge in [0.15, 0.2) is 5.82 Å². The van der Waals surface area contributed by atoms with Crippen molar-refractivity contribution >= 4 is 40.3 Å². The third kappa shape index (κ3) is 3.80. The molecule has 4 rings (SSSR count). The van der Waals surface area contributed by atoms with Crippen molar-refractivity contribution < 1.29 is 9.53 Å². The van der Waals surface area contributed by atoms with Crippen molar-refractivity contribution in [3.05, 3.63) is 90.1 Å². The van der Waals surface area contributed by atoms with Gasteiger partial charge in [0.25, 0.3) is 0 Å². The largest absolute Gasteiger partial charge is 0.457 e. The maximum Gasteiger partial charge on any atom is 0.338 e. The molecule has 2 aromatic heterocycles. The van der Waals surface area contributed by atoms with Crippen molar-refractivity contribution in [2.75, 3.05) is 3.53 Å². The number of halogens is 1. The molecular weight excluding hydrogens is 453 g/mol. The maximum absolute atomic E-state index is 12.5. The van der Waals surface area contributed by atoms with Gasteiger partial charge in [-0.25, -0.2) is 9.78 Å². The molecule has 134 valence electrons. The fourth-order valence-corrected chi connectivity index (χ4v) is 3.16. The minimum atomic E-state index is -0.340. The molecule has 5 nitrogen and oxygen atoms in total. The van der Waals surface area contributed by atoms with Crippen LogP contribution in [-0.4, -0.2) is 15.4 Å². The van der Waals surface area contributed by atoms with Crippen LogP contribution in [0.3, 0.4) is 0 Å². The normalized spacial score (nSPS) is 10.7. The van der Waals surface area contributed by atoms with E-state index in [4.69, 9.17) is 4.74 Å². The van der Waals surface area contributed by atoms with Gasteiger partial charge >= 0.3 is 5.97 Å². The van der Waals surface area contributed by atoms with Crippen LogP contribution >= 0.6 is 22.9 Å². The zero-order chi connectivity index (χ0) is 18.6. The van der Waals surface area contributed by atoms with Gasteiger partial charge in [0.2, 0.25) is 0 Å². The third-order valence-electron chi connectivity index (χ3n) is 4.20. The van der Waals surface area contributed by atoms with Gasteiger partial charge in [-0.15, -0.1) is 0 Å². The van der Waals surface area contributed by atoms with Crippen molar-refractivity contribution in [2.45, 2.75) is 6.61 Å². The molecule has 0 amide bonds. The smallest absolute Gasteiger partial charge is 0.338 e. The van der Waals surface area contributed by atoms with Crippen LogP contribution in [0, 0.1) is 0 Å². The Hall–Kier alpha value is -2.87. The number of esters is 1. The van der Waals surface area contributed by atoms with Crippen molar-refractivity contribution in [2.24, 2.45) is 0 Å². The average molecular weight is 469 g/mol. The Kier molecular flexibility index (Phi) is 5.06. The van der Waals surface area contributed by atoms with Crippen LogP contribution in [0.4, 0.5) is 5.82 Å². The molecule has 0 atom stereocenters. The SMILES string of the molecule is O=C(OCc1ccccc1)c1cccc(-c2cccc3nc(NI)cn23)c1. The van der Waals surface area contributed by atoms with Crippen molar-refractivity contribution in [1.82, 2.24) is 9.38 Å². The first-order valence-corrected chi connectivity index (χ1v) is 9.49. The lowest BCUT2D eigenvalue weighted by Crippen LogP contribution is -2.05. The Bertz CT molecular complexity index is 1090. The molecular formula is C21H16IN3O2. The number of carbonyl (C=O) groups excluding carboxylic acids is 1. The van der Waals surface area contributed by atoms with Crippen LogP contribution in [0.5, 0.6) is 0 Å². The van der Waals surface area contributed by atoms with Crippen molar-refractivity contribution in [3.63, 3.8) is 0 Å². The number of pyridine rings is 1. The van der Waals surface area contributed by atoms with E-state index >= 15 is 0 Å². The number of rotatable bonds is 5. The molecule has 0 fully saturated rings. The second kappa shape index (κ2) is 7.79. The highest BCUT2D eigenvalue weighted by Gasteiger charge is 2.11. The molecule has 0 saturated heterocycles. The summed E-state index contributed by atoms with van der Waals surface area (Å²) in [7, 11) is 0. The number of nitrogens with one attached hydrogen (secondary N) is 1. The van der Waals surface area contributed by atoms with Crippen LogP contribution in [-0.2, 0) is 11.3 Å². The fraction of sp³-hybridized carbons (Fsp3) is 0.0476. The van der Waals surface area contributed by atoms with E-state index in [1.165, 1.54) is 0 Å².